The average Bonchev–Trinajstić information content (AvgIpc) is 2.67. The molecule has 0 amide bonds. The quantitative estimate of drug-likeness (QED) is 0.581. The van der Waals surface area contributed by atoms with Crippen molar-refractivity contribution in [1.29, 1.82) is 0 Å². The lowest BCUT2D eigenvalue weighted by atomic mass is 9.98. The molecule has 1 unspecified atom stereocenters. The van der Waals surface area contributed by atoms with E-state index in [-0.39, 0.29) is 0 Å². The third-order valence-corrected chi connectivity index (χ3v) is 3.32. The minimum absolute atomic E-state index is 0.635. The first-order valence-electron chi connectivity index (χ1n) is 5.63. The fourth-order valence-electron chi connectivity index (χ4n) is 2.56. The van der Waals surface area contributed by atoms with E-state index in [2.05, 4.69) is 30.3 Å². The van der Waals surface area contributed by atoms with Crippen LogP contribution in [0.5, 0.6) is 0 Å². The zero-order chi connectivity index (χ0) is 11.1. The number of benzene rings is 2. The first-order chi connectivity index (χ1) is 7.77. The van der Waals surface area contributed by atoms with Crippen LogP contribution in [0, 0.1) is 0 Å². The summed E-state index contributed by atoms with van der Waals surface area (Å²) in [5.41, 5.74) is 6.06. The van der Waals surface area contributed by atoms with Crippen molar-refractivity contribution in [3.8, 4) is 11.1 Å². The Balaban J connectivity index is 2.24. The van der Waals surface area contributed by atoms with Gasteiger partial charge < -0.3 is 0 Å². The van der Waals surface area contributed by atoms with Crippen molar-refractivity contribution < 1.29 is 5.11 Å². The molecule has 1 aliphatic carbocycles. The Hall–Kier alpha value is -1.60. The smallest absolute Gasteiger partial charge is 0.115 e. The van der Waals surface area contributed by atoms with Gasteiger partial charge in [0.1, 0.15) is 6.10 Å². The van der Waals surface area contributed by atoms with Crippen LogP contribution in [0.25, 0.3) is 11.1 Å². The highest BCUT2D eigenvalue weighted by atomic mass is 16.3. The van der Waals surface area contributed by atoms with Gasteiger partial charge in [0.25, 0.3) is 0 Å². The highest BCUT2D eigenvalue weighted by Crippen LogP contribution is 2.39. The molecule has 0 saturated carbocycles. The van der Waals surface area contributed by atoms with Gasteiger partial charge in [-0.3, -0.25) is 0 Å². The van der Waals surface area contributed by atoms with E-state index in [4.69, 9.17) is 0 Å². The lowest BCUT2D eigenvalue weighted by Gasteiger charge is -2.09. The van der Waals surface area contributed by atoms with Crippen molar-refractivity contribution in [2.45, 2.75) is 19.4 Å². The van der Waals surface area contributed by atoms with Crippen molar-refractivity contribution in [3.05, 3.63) is 59.2 Å². The van der Waals surface area contributed by atoms with Crippen molar-refractivity contribution >= 4 is 0 Å². The summed E-state index contributed by atoms with van der Waals surface area (Å²) in [6.45, 7) is 1.72. The predicted octanol–water partition coefficient (Wildman–Crippen LogP) is 3.75. The maximum atomic E-state index is 11.6. The molecule has 0 N–H and O–H groups in total. The van der Waals surface area contributed by atoms with Crippen LogP contribution in [0.4, 0.5) is 0 Å². The van der Waals surface area contributed by atoms with E-state index in [9.17, 15) is 5.11 Å². The Bertz CT molecular complexity index is 541. The van der Waals surface area contributed by atoms with E-state index < -0.39 is 6.10 Å². The molecule has 0 fully saturated rings. The molecule has 1 nitrogen and oxygen atoms in total. The van der Waals surface area contributed by atoms with Crippen molar-refractivity contribution in [1.82, 2.24) is 0 Å². The van der Waals surface area contributed by atoms with E-state index in [0.717, 1.165) is 12.0 Å². The van der Waals surface area contributed by atoms with E-state index in [0.29, 0.717) is 0 Å². The molecule has 16 heavy (non-hydrogen) atoms. The van der Waals surface area contributed by atoms with E-state index in [1.807, 2.05) is 12.1 Å². The van der Waals surface area contributed by atoms with Gasteiger partial charge in [-0.15, -0.1) is 0 Å². The van der Waals surface area contributed by atoms with Crippen LogP contribution >= 0.6 is 0 Å². The van der Waals surface area contributed by atoms with Crippen molar-refractivity contribution in [2.24, 2.45) is 0 Å². The van der Waals surface area contributed by atoms with Crippen LogP contribution < -0.4 is 0 Å². The van der Waals surface area contributed by atoms with Gasteiger partial charge >= 0.3 is 0 Å². The summed E-state index contributed by atoms with van der Waals surface area (Å²) in [6, 6.07) is 14.5. The third kappa shape index (κ3) is 1.29. The maximum Gasteiger partial charge on any atom is 0.115 e. The monoisotopic (exact) mass is 209 g/mol. The van der Waals surface area contributed by atoms with Crippen LogP contribution in [0.15, 0.2) is 42.5 Å². The van der Waals surface area contributed by atoms with Gasteiger partial charge in [0.2, 0.25) is 0 Å². The molecule has 0 bridgehead atoms. The first-order valence-corrected chi connectivity index (χ1v) is 5.63. The predicted molar refractivity (Wildman–Crippen MR) is 63.8 cm³/mol. The fourth-order valence-corrected chi connectivity index (χ4v) is 2.56. The SMILES string of the molecule is CC([O])c1cccc2c1Cc1ccccc1-2. The molecule has 0 spiro atoms. The molecule has 1 aliphatic rings. The Kier molecular flexibility index (Phi) is 2.08. The molecule has 0 aliphatic heterocycles. The summed E-state index contributed by atoms with van der Waals surface area (Å²) in [6.07, 6.45) is 0.276. The summed E-state index contributed by atoms with van der Waals surface area (Å²) < 4.78 is 0. The average molecular weight is 209 g/mol. The van der Waals surface area contributed by atoms with Gasteiger partial charge in [-0.05, 0) is 41.2 Å². The number of hydrogen-bond donors (Lipinski definition) is 0. The zero-order valence-corrected chi connectivity index (χ0v) is 9.23. The highest BCUT2D eigenvalue weighted by Gasteiger charge is 2.21. The Morgan fingerprint density at radius 1 is 1.00 bits per heavy atom. The Morgan fingerprint density at radius 2 is 1.75 bits per heavy atom. The number of fused-ring (bicyclic) bond motifs is 3. The molecule has 3 rings (SSSR count). The van der Waals surface area contributed by atoms with E-state index >= 15 is 0 Å². The van der Waals surface area contributed by atoms with Gasteiger partial charge in [-0.2, -0.15) is 0 Å². The minimum Gasteiger partial charge on any atom is -0.228 e. The van der Waals surface area contributed by atoms with Crippen molar-refractivity contribution in [3.63, 3.8) is 0 Å². The number of rotatable bonds is 1. The van der Waals surface area contributed by atoms with Crippen LogP contribution in [0.1, 0.15) is 29.7 Å². The number of hydrogen-bond acceptors (Lipinski definition) is 0. The van der Waals surface area contributed by atoms with Crippen LogP contribution in [0.2, 0.25) is 0 Å². The highest BCUT2D eigenvalue weighted by molar-refractivity contribution is 5.77. The van der Waals surface area contributed by atoms with Crippen LogP contribution in [-0.2, 0) is 11.5 Å². The van der Waals surface area contributed by atoms with Gasteiger partial charge in [0, 0.05) is 0 Å². The van der Waals surface area contributed by atoms with E-state index in [1.165, 1.54) is 22.3 Å². The first kappa shape index (κ1) is 9.61. The second kappa shape index (κ2) is 3.46. The summed E-state index contributed by atoms with van der Waals surface area (Å²) >= 11 is 0. The van der Waals surface area contributed by atoms with Crippen LogP contribution in [-0.4, -0.2) is 0 Å². The minimum atomic E-state index is -0.635. The van der Waals surface area contributed by atoms with Gasteiger partial charge in [0.05, 0.1) is 0 Å². The molecule has 0 heterocycles. The molecule has 79 valence electrons. The molecule has 1 atom stereocenters. The van der Waals surface area contributed by atoms with Crippen LogP contribution in [0.3, 0.4) is 0 Å². The second-order valence-electron chi connectivity index (χ2n) is 4.35. The molecule has 1 heteroatoms. The Morgan fingerprint density at radius 3 is 2.56 bits per heavy atom. The van der Waals surface area contributed by atoms with Gasteiger partial charge in [0.15, 0.2) is 0 Å². The standard InChI is InChI=1S/C15H13O/c1-10(16)12-7-4-8-14-13-6-3-2-5-11(13)9-15(12)14/h2-8,10H,9H2,1H3. The Labute approximate surface area is 95.4 Å². The largest absolute Gasteiger partial charge is 0.228 e. The van der Waals surface area contributed by atoms with E-state index in [1.54, 1.807) is 6.92 Å². The molecule has 2 aromatic carbocycles. The fraction of sp³-hybridized carbons (Fsp3) is 0.200. The molecule has 2 aromatic rings. The molecule has 0 saturated heterocycles. The summed E-state index contributed by atoms with van der Waals surface area (Å²) in [4.78, 5) is 0. The molecular weight excluding hydrogens is 196 g/mol. The summed E-state index contributed by atoms with van der Waals surface area (Å²) in [7, 11) is 0. The summed E-state index contributed by atoms with van der Waals surface area (Å²) in [5, 5.41) is 11.6. The zero-order valence-electron chi connectivity index (χ0n) is 9.23. The lowest BCUT2D eigenvalue weighted by molar-refractivity contribution is 0.106. The van der Waals surface area contributed by atoms with Gasteiger partial charge in [-0.25, -0.2) is 5.11 Å². The second-order valence-corrected chi connectivity index (χ2v) is 4.35. The topological polar surface area (TPSA) is 19.9 Å². The lowest BCUT2D eigenvalue weighted by Crippen LogP contribution is -1.95. The maximum absolute atomic E-state index is 11.6. The van der Waals surface area contributed by atoms with Gasteiger partial charge in [-0.1, -0.05) is 42.5 Å². The molecule has 0 aromatic heterocycles. The molecular formula is C15H13O. The third-order valence-electron chi connectivity index (χ3n) is 3.32. The molecule has 1 radical (unpaired) electrons. The normalized spacial score (nSPS) is 14.4. The van der Waals surface area contributed by atoms with Crippen molar-refractivity contribution in [2.75, 3.05) is 0 Å². The summed E-state index contributed by atoms with van der Waals surface area (Å²) in [5.74, 6) is 0.